The molecule has 2 rings (SSSR count). The Labute approximate surface area is 104 Å². The number of rotatable bonds is 5. The number of hydrogen-bond donors (Lipinski definition) is 1. The number of nitrogen functional groups attached to an aromatic ring is 1. The van der Waals surface area contributed by atoms with Crippen LogP contribution in [-0.4, -0.2) is 21.1 Å². The van der Waals surface area contributed by atoms with Crippen LogP contribution < -0.4 is 15.2 Å². The van der Waals surface area contributed by atoms with E-state index in [2.05, 4.69) is 15.0 Å². The van der Waals surface area contributed by atoms with E-state index in [0.29, 0.717) is 5.76 Å². The summed E-state index contributed by atoms with van der Waals surface area (Å²) in [4.78, 5) is 11.7. The van der Waals surface area contributed by atoms with Gasteiger partial charge >= 0.3 is 12.0 Å². The van der Waals surface area contributed by atoms with Crippen molar-refractivity contribution in [2.45, 2.75) is 26.6 Å². The first-order chi connectivity index (χ1) is 8.63. The smallest absolute Gasteiger partial charge is 0.324 e. The number of nitrogens with two attached hydrogens (primary N) is 1. The van der Waals surface area contributed by atoms with E-state index in [9.17, 15) is 0 Å². The van der Waals surface area contributed by atoms with Crippen LogP contribution in [0.5, 0.6) is 12.0 Å². The van der Waals surface area contributed by atoms with Crippen LogP contribution in [0.1, 0.15) is 19.6 Å². The molecule has 0 aliphatic heterocycles. The Bertz CT molecular complexity index is 499. The summed E-state index contributed by atoms with van der Waals surface area (Å²) in [6.45, 7) is 3.95. The lowest BCUT2D eigenvalue weighted by Crippen LogP contribution is -2.11. The van der Waals surface area contributed by atoms with Gasteiger partial charge in [-0.25, -0.2) is 0 Å². The quantitative estimate of drug-likeness (QED) is 0.856. The number of hydrogen-bond acceptors (Lipinski definition) is 7. The maximum atomic E-state index is 5.54. The lowest BCUT2D eigenvalue weighted by Gasteiger charge is -2.09. The molecule has 7 nitrogen and oxygen atoms in total. The van der Waals surface area contributed by atoms with Crippen LogP contribution in [0, 0.1) is 0 Å². The third-order valence-corrected chi connectivity index (χ3v) is 1.88. The fourth-order valence-electron chi connectivity index (χ4n) is 1.21. The summed E-state index contributed by atoms with van der Waals surface area (Å²) in [6.07, 6.45) is 1.51. The molecule has 0 saturated carbocycles. The van der Waals surface area contributed by atoms with E-state index in [-0.39, 0.29) is 30.7 Å². The van der Waals surface area contributed by atoms with Gasteiger partial charge in [-0.1, -0.05) is 0 Å². The molecule has 0 radical (unpaired) electrons. The molecule has 0 atom stereocenters. The highest BCUT2D eigenvalue weighted by atomic mass is 16.5. The van der Waals surface area contributed by atoms with Crippen molar-refractivity contribution in [3.8, 4) is 12.0 Å². The first kappa shape index (κ1) is 12.2. The average Bonchev–Trinajstić information content (AvgIpc) is 2.77. The Morgan fingerprint density at radius 1 is 1.28 bits per heavy atom. The van der Waals surface area contributed by atoms with Crippen LogP contribution in [0.15, 0.2) is 22.8 Å². The first-order valence-electron chi connectivity index (χ1n) is 5.47. The predicted molar refractivity (Wildman–Crippen MR) is 63.0 cm³/mol. The molecule has 18 heavy (non-hydrogen) atoms. The van der Waals surface area contributed by atoms with Crippen LogP contribution >= 0.6 is 0 Å². The SMILES string of the molecule is CC(C)Oc1nc(N)nc(OCc2ccco2)n1. The van der Waals surface area contributed by atoms with Crippen LogP contribution in [0.3, 0.4) is 0 Å². The normalized spacial score (nSPS) is 10.6. The third kappa shape index (κ3) is 3.34. The second-order valence-corrected chi connectivity index (χ2v) is 3.79. The van der Waals surface area contributed by atoms with Gasteiger partial charge in [0.2, 0.25) is 5.95 Å². The van der Waals surface area contributed by atoms with E-state index in [0.717, 1.165) is 0 Å². The molecule has 0 unspecified atom stereocenters. The summed E-state index contributed by atoms with van der Waals surface area (Å²) in [5.74, 6) is 0.718. The second kappa shape index (κ2) is 5.35. The van der Waals surface area contributed by atoms with Gasteiger partial charge in [0.05, 0.1) is 12.4 Å². The van der Waals surface area contributed by atoms with Crippen molar-refractivity contribution < 1.29 is 13.9 Å². The van der Waals surface area contributed by atoms with Crippen molar-refractivity contribution in [1.29, 1.82) is 0 Å². The largest absolute Gasteiger partial charge is 0.466 e. The molecule has 0 saturated heterocycles. The average molecular weight is 250 g/mol. The van der Waals surface area contributed by atoms with Gasteiger partial charge in [-0.3, -0.25) is 0 Å². The fourth-order valence-corrected chi connectivity index (χ4v) is 1.21. The first-order valence-corrected chi connectivity index (χ1v) is 5.47. The van der Waals surface area contributed by atoms with Crippen LogP contribution in [-0.2, 0) is 6.61 Å². The molecule has 0 fully saturated rings. The number of aromatic nitrogens is 3. The number of anilines is 1. The topological polar surface area (TPSA) is 96.3 Å². The molecular formula is C11H14N4O3. The molecule has 96 valence electrons. The molecule has 0 aliphatic carbocycles. The zero-order chi connectivity index (χ0) is 13.0. The maximum Gasteiger partial charge on any atom is 0.324 e. The predicted octanol–water partition coefficient (Wildman–Crippen LogP) is 1.41. The highest BCUT2D eigenvalue weighted by Gasteiger charge is 2.08. The minimum atomic E-state index is -0.0512. The van der Waals surface area contributed by atoms with E-state index in [4.69, 9.17) is 19.6 Å². The minimum absolute atomic E-state index is 0.0510. The molecule has 2 N–H and O–H groups in total. The minimum Gasteiger partial charge on any atom is -0.466 e. The van der Waals surface area contributed by atoms with Crippen molar-refractivity contribution in [2.75, 3.05) is 5.73 Å². The van der Waals surface area contributed by atoms with Crippen molar-refractivity contribution in [3.05, 3.63) is 24.2 Å². The highest BCUT2D eigenvalue weighted by Crippen LogP contribution is 2.13. The lowest BCUT2D eigenvalue weighted by molar-refractivity contribution is 0.207. The summed E-state index contributed by atoms with van der Waals surface area (Å²) in [6, 6.07) is 3.81. The fraction of sp³-hybridized carbons (Fsp3) is 0.364. The summed E-state index contributed by atoms with van der Waals surface area (Å²) < 4.78 is 15.8. The van der Waals surface area contributed by atoms with Crippen molar-refractivity contribution in [1.82, 2.24) is 15.0 Å². The van der Waals surface area contributed by atoms with Crippen molar-refractivity contribution in [3.63, 3.8) is 0 Å². The molecular weight excluding hydrogens is 236 g/mol. The summed E-state index contributed by atoms with van der Waals surface area (Å²) in [7, 11) is 0. The van der Waals surface area contributed by atoms with Crippen molar-refractivity contribution in [2.24, 2.45) is 0 Å². The molecule has 0 aromatic carbocycles. The highest BCUT2D eigenvalue weighted by molar-refractivity contribution is 5.20. The van der Waals surface area contributed by atoms with Gasteiger partial charge in [0.15, 0.2) is 0 Å². The van der Waals surface area contributed by atoms with Crippen LogP contribution in [0.25, 0.3) is 0 Å². The van der Waals surface area contributed by atoms with Crippen molar-refractivity contribution >= 4 is 5.95 Å². The summed E-state index contributed by atoms with van der Waals surface area (Å²) in [5, 5.41) is 0. The number of furan rings is 1. The van der Waals surface area contributed by atoms with Gasteiger partial charge < -0.3 is 19.6 Å². The Morgan fingerprint density at radius 2 is 2.06 bits per heavy atom. The van der Waals surface area contributed by atoms with Crippen LogP contribution in [0.2, 0.25) is 0 Å². The van der Waals surface area contributed by atoms with Gasteiger partial charge in [-0.15, -0.1) is 4.98 Å². The lowest BCUT2D eigenvalue weighted by atomic mass is 10.5. The summed E-state index contributed by atoms with van der Waals surface area (Å²) in [5.41, 5.74) is 5.54. The standard InChI is InChI=1S/C11H14N4O3/c1-7(2)18-11-14-9(12)13-10(15-11)17-6-8-4-3-5-16-8/h3-5,7H,6H2,1-2H3,(H2,12,13,14,15). The molecule has 2 aromatic heterocycles. The van der Waals surface area contributed by atoms with E-state index in [1.807, 2.05) is 13.8 Å². The number of nitrogens with zero attached hydrogens (tertiary/aromatic N) is 3. The monoisotopic (exact) mass is 250 g/mol. The third-order valence-electron chi connectivity index (χ3n) is 1.88. The van der Waals surface area contributed by atoms with Crippen LogP contribution in [0.4, 0.5) is 5.95 Å². The molecule has 2 aromatic rings. The molecule has 0 bridgehead atoms. The Hall–Kier alpha value is -2.31. The molecule has 7 heteroatoms. The van der Waals surface area contributed by atoms with Gasteiger partial charge in [-0.05, 0) is 26.0 Å². The molecule has 0 spiro atoms. The van der Waals surface area contributed by atoms with E-state index < -0.39 is 0 Å². The molecule has 0 aliphatic rings. The van der Waals surface area contributed by atoms with E-state index in [1.165, 1.54) is 0 Å². The number of ether oxygens (including phenoxy) is 2. The Balaban J connectivity index is 2.05. The molecule has 2 heterocycles. The zero-order valence-corrected chi connectivity index (χ0v) is 10.2. The van der Waals surface area contributed by atoms with Gasteiger partial charge in [0.25, 0.3) is 0 Å². The zero-order valence-electron chi connectivity index (χ0n) is 10.2. The van der Waals surface area contributed by atoms with Gasteiger partial charge in [-0.2, -0.15) is 9.97 Å². The van der Waals surface area contributed by atoms with E-state index >= 15 is 0 Å². The molecule has 0 amide bonds. The van der Waals surface area contributed by atoms with E-state index in [1.54, 1.807) is 18.4 Å². The Morgan fingerprint density at radius 3 is 2.72 bits per heavy atom. The Kier molecular flexibility index (Phi) is 3.61. The maximum absolute atomic E-state index is 5.54. The summed E-state index contributed by atoms with van der Waals surface area (Å²) >= 11 is 0. The second-order valence-electron chi connectivity index (χ2n) is 3.79. The van der Waals surface area contributed by atoms with Gasteiger partial charge in [0, 0.05) is 0 Å². The van der Waals surface area contributed by atoms with Gasteiger partial charge in [0.1, 0.15) is 12.4 Å².